The van der Waals surface area contributed by atoms with E-state index in [4.69, 9.17) is 0 Å². The number of carbonyl (C=O) groups is 1. The predicted octanol–water partition coefficient (Wildman–Crippen LogP) is 2.70. The lowest BCUT2D eigenvalue weighted by atomic mass is 10.2. The number of allylic oxidation sites excluding steroid dienone is 1. The maximum absolute atomic E-state index is 11.0. The maximum atomic E-state index is 11.0. The predicted molar refractivity (Wildman–Crippen MR) is 58.1 cm³/mol. The number of thiophene rings is 1. The molecule has 1 aromatic rings. The van der Waals surface area contributed by atoms with Gasteiger partial charge in [0.1, 0.15) is 0 Å². The topological polar surface area (TPSA) is 26.3 Å². The van der Waals surface area contributed by atoms with Crippen molar-refractivity contribution in [1.82, 2.24) is 0 Å². The molecule has 0 N–H and O–H groups in total. The van der Waals surface area contributed by atoms with E-state index in [1.54, 1.807) is 11.3 Å². The van der Waals surface area contributed by atoms with E-state index in [0.29, 0.717) is 5.33 Å². The van der Waals surface area contributed by atoms with Gasteiger partial charge in [-0.3, -0.25) is 0 Å². The van der Waals surface area contributed by atoms with Gasteiger partial charge in [-0.15, -0.1) is 11.3 Å². The lowest BCUT2D eigenvalue weighted by Gasteiger charge is -1.98. The highest BCUT2D eigenvalue weighted by Gasteiger charge is 2.03. The standard InChI is InChI=1S/C9H9BrO2S/c1-12-9(11)5-7(6-10)8-3-2-4-13-8/h2-5H,6H2,1H3/b7-5+. The van der Waals surface area contributed by atoms with Gasteiger partial charge in [-0.1, -0.05) is 22.0 Å². The zero-order valence-corrected chi connectivity index (χ0v) is 9.52. The Morgan fingerprint density at radius 2 is 2.54 bits per heavy atom. The third kappa shape index (κ3) is 2.97. The second-order valence-electron chi connectivity index (χ2n) is 2.30. The molecule has 0 aliphatic rings. The molecule has 0 unspecified atom stereocenters. The second kappa shape index (κ2) is 5.19. The van der Waals surface area contributed by atoms with Crippen LogP contribution < -0.4 is 0 Å². The molecule has 4 heteroatoms. The van der Waals surface area contributed by atoms with Crippen LogP contribution in [0.5, 0.6) is 0 Å². The number of rotatable bonds is 3. The Balaban J connectivity index is 2.85. The highest BCUT2D eigenvalue weighted by molar-refractivity contribution is 9.09. The van der Waals surface area contributed by atoms with Crippen LogP contribution in [0.25, 0.3) is 5.57 Å². The highest BCUT2D eigenvalue weighted by atomic mass is 79.9. The molecule has 0 spiro atoms. The molecule has 0 radical (unpaired) electrons. The lowest BCUT2D eigenvalue weighted by Crippen LogP contribution is -1.96. The number of hydrogen-bond donors (Lipinski definition) is 0. The van der Waals surface area contributed by atoms with Crippen LogP contribution >= 0.6 is 27.3 Å². The summed E-state index contributed by atoms with van der Waals surface area (Å²) in [4.78, 5) is 12.0. The van der Waals surface area contributed by atoms with Gasteiger partial charge in [0.05, 0.1) is 7.11 Å². The Morgan fingerprint density at radius 3 is 3.00 bits per heavy atom. The molecule has 0 saturated heterocycles. The Bertz CT molecular complexity index is 303. The molecule has 2 nitrogen and oxygen atoms in total. The third-order valence-electron chi connectivity index (χ3n) is 1.47. The molecule has 0 saturated carbocycles. The smallest absolute Gasteiger partial charge is 0.330 e. The number of hydrogen-bond acceptors (Lipinski definition) is 3. The van der Waals surface area contributed by atoms with E-state index in [1.807, 2.05) is 17.5 Å². The van der Waals surface area contributed by atoms with Crippen molar-refractivity contribution < 1.29 is 9.53 Å². The van der Waals surface area contributed by atoms with E-state index >= 15 is 0 Å². The van der Waals surface area contributed by atoms with Crippen molar-refractivity contribution in [3.05, 3.63) is 28.5 Å². The van der Waals surface area contributed by atoms with Crippen LogP contribution in [0.2, 0.25) is 0 Å². The van der Waals surface area contributed by atoms with Crippen LogP contribution in [0.3, 0.4) is 0 Å². The molecule has 0 aromatic carbocycles. The number of halogens is 1. The fourth-order valence-corrected chi connectivity index (χ4v) is 2.23. The Kier molecular flexibility index (Phi) is 4.18. The molecule has 0 atom stereocenters. The minimum Gasteiger partial charge on any atom is -0.466 e. The molecule has 1 aromatic heterocycles. The minimum absolute atomic E-state index is 0.317. The molecule has 0 fully saturated rings. The molecular weight excluding hydrogens is 252 g/mol. The molecule has 0 aliphatic carbocycles. The molecular formula is C9H9BrO2S. The van der Waals surface area contributed by atoms with E-state index in [0.717, 1.165) is 10.5 Å². The van der Waals surface area contributed by atoms with Crippen molar-refractivity contribution in [3.63, 3.8) is 0 Å². The monoisotopic (exact) mass is 260 g/mol. The summed E-state index contributed by atoms with van der Waals surface area (Å²) in [5, 5.41) is 2.63. The highest BCUT2D eigenvalue weighted by Crippen LogP contribution is 2.21. The van der Waals surface area contributed by atoms with Gasteiger partial charge in [-0.2, -0.15) is 0 Å². The van der Waals surface area contributed by atoms with Gasteiger partial charge in [0, 0.05) is 16.3 Å². The number of alkyl halides is 1. The summed E-state index contributed by atoms with van der Waals surface area (Å²) in [6.45, 7) is 0. The largest absolute Gasteiger partial charge is 0.466 e. The van der Waals surface area contributed by atoms with Crippen LogP contribution in [-0.4, -0.2) is 18.4 Å². The van der Waals surface area contributed by atoms with Gasteiger partial charge in [-0.25, -0.2) is 4.79 Å². The summed E-state index contributed by atoms with van der Waals surface area (Å²) in [6, 6.07) is 3.93. The second-order valence-corrected chi connectivity index (χ2v) is 3.81. The molecule has 0 bridgehead atoms. The minimum atomic E-state index is -0.317. The fraction of sp³-hybridized carbons (Fsp3) is 0.222. The van der Waals surface area contributed by atoms with E-state index in [1.165, 1.54) is 13.2 Å². The normalized spacial score (nSPS) is 11.4. The molecule has 13 heavy (non-hydrogen) atoms. The van der Waals surface area contributed by atoms with Crippen LogP contribution in [0, 0.1) is 0 Å². The number of methoxy groups -OCH3 is 1. The molecule has 1 heterocycles. The Labute approximate surface area is 89.3 Å². The summed E-state index contributed by atoms with van der Waals surface area (Å²) in [6.07, 6.45) is 1.50. The van der Waals surface area contributed by atoms with Crippen molar-refractivity contribution in [1.29, 1.82) is 0 Å². The van der Waals surface area contributed by atoms with Crippen LogP contribution in [-0.2, 0) is 9.53 Å². The first-order valence-corrected chi connectivity index (χ1v) is 5.66. The number of esters is 1. The zero-order valence-electron chi connectivity index (χ0n) is 7.12. The zero-order chi connectivity index (χ0) is 9.68. The molecule has 1 rings (SSSR count). The van der Waals surface area contributed by atoms with Crippen LogP contribution in [0.1, 0.15) is 4.88 Å². The van der Waals surface area contributed by atoms with E-state index in [9.17, 15) is 4.79 Å². The van der Waals surface area contributed by atoms with Gasteiger partial charge in [0.25, 0.3) is 0 Å². The van der Waals surface area contributed by atoms with Crippen molar-refractivity contribution in [2.75, 3.05) is 12.4 Å². The lowest BCUT2D eigenvalue weighted by molar-refractivity contribution is -0.134. The molecule has 70 valence electrons. The van der Waals surface area contributed by atoms with Gasteiger partial charge in [0.15, 0.2) is 0 Å². The fourth-order valence-electron chi connectivity index (χ4n) is 0.838. The first-order valence-electron chi connectivity index (χ1n) is 3.66. The Morgan fingerprint density at radius 1 is 1.77 bits per heavy atom. The molecule has 0 aliphatic heterocycles. The summed E-state index contributed by atoms with van der Waals surface area (Å²) in [5.74, 6) is -0.317. The van der Waals surface area contributed by atoms with Crippen LogP contribution in [0.15, 0.2) is 23.6 Å². The first kappa shape index (κ1) is 10.5. The Hall–Kier alpha value is -0.610. The van der Waals surface area contributed by atoms with Crippen molar-refractivity contribution >= 4 is 38.8 Å². The average molecular weight is 261 g/mol. The van der Waals surface area contributed by atoms with E-state index < -0.39 is 0 Å². The summed E-state index contributed by atoms with van der Waals surface area (Å²) >= 11 is 4.93. The van der Waals surface area contributed by atoms with Gasteiger partial charge in [0.2, 0.25) is 0 Å². The summed E-state index contributed by atoms with van der Waals surface area (Å²) in [7, 11) is 1.37. The van der Waals surface area contributed by atoms with Crippen molar-refractivity contribution in [3.8, 4) is 0 Å². The van der Waals surface area contributed by atoms with E-state index in [2.05, 4.69) is 20.7 Å². The maximum Gasteiger partial charge on any atom is 0.330 e. The SMILES string of the molecule is COC(=O)/C=C(\CBr)c1cccs1. The number of carbonyl (C=O) groups excluding carboxylic acids is 1. The van der Waals surface area contributed by atoms with Crippen molar-refractivity contribution in [2.45, 2.75) is 0 Å². The van der Waals surface area contributed by atoms with Gasteiger partial charge in [-0.05, 0) is 17.0 Å². The van der Waals surface area contributed by atoms with Gasteiger partial charge < -0.3 is 4.74 Å². The van der Waals surface area contributed by atoms with E-state index in [-0.39, 0.29) is 5.97 Å². The summed E-state index contributed by atoms with van der Waals surface area (Å²) in [5.41, 5.74) is 0.946. The molecule has 0 amide bonds. The quantitative estimate of drug-likeness (QED) is 0.475. The first-order chi connectivity index (χ1) is 6.27. The average Bonchev–Trinajstić information content (AvgIpc) is 2.66. The van der Waals surface area contributed by atoms with Crippen LogP contribution in [0.4, 0.5) is 0 Å². The van der Waals surface area contributed by atoms with Gasteiger partial charge >= 0.3 is 5.97 Å². The third-order valence-corrected chi connectivity index (χ3v) is 3.02. The number of ether oxygens (including phenoxy) is 1. The van der Waals surface area contributed by atoms with Crippen molar-refractivity contribution in [2.24, 2.45) is 0 Å². The summed E-state index contributed by atoms with van der Waals surface area (Å²) < 4.78 is 4.55.